The second kappa shape index (κ2) is 7.75. The van der Waals surface area contributed by atoms with Crippen LogP contribution in [0.25, 0.3) is 0 Å². The van der Waals surface area contributed by atoms with Crippen molar-refractivity contribution in [3.63, 3.8) is 0 Å². The molecule has 2 N–H and O–H groups in total. The van der Waals surface area contributed by atoms with Gasteiger partial charge >= 0.3 is 6.18 Å². The van der Waals surface area contributed by atoms with Crippen LogP contribution in [0.15, 0.2) is 0 Å². The molecule has 0 radical (unpaired) electrons. The van der Waals surface area contributed by atoms with Gasteiger partial charge in [-0.05, 0) is 19.3 Å². The fourth-order valence-corrected chi connectivity index (χ4v) is 3.52. The lowest BCUT2D eigenvalue weighted by molar-refractivity contribution is -0.148. The number of fused-ring (bicyclic) bond motifs is 1. The maximum Gasteiger partial charge on any atom is 0.451 e. The maximum atomic E-state index is 12.9. The summed E-state index contributed by atoms with van der Waals surface area (Å²) in [6, 6.07) is 0.687. The van der Waals surface area contributed by atoms with E-state index in [2.05, 4.69) is 16.3 Å². The number of likely N-dealkylation sites (tertiary alicyclic amines) is 1. The van der Waals surface area contributed by atoms with Crippen LogP contribution < -0.4 is 5.73 Å². The minimum Gasteiger partial charge on any atom is -0.333 e. The third-order valence-electron chi connectivity index (χ3n) is 5.03. The summed E-state index contributed by atoms with van der Waals surface area (Å²) in [5, 5.41) is 15.8. The Bertz CT molecular complexity index is 801. The molecule has 3 heterocycles. The van der Waals surface area contributed by atoms with Gasteiger partial charge in [0.1, 0.15) is 6.04 Å². The van der Waals surface area contributed by atoms with Crippen LogP contribution in [0.3, 0.4) is 0 Å². The number of halogens is 3. The molecule has 1 fully saturated rings. The zero-order valence-corrected chi connectivity index (χ0v) is 15.0. The highest BCUT2D eigenvalue weighted by molar-refractivity contribution is 5.84. The van der Waals surface area contributed by atoms with Crippen molar-refractivity contribution in [2.45, 2.75) is 57.0 Å². The van der Waals surface area contributed by atoms with Gasteiger partial charge < -0.3 is 20.1 Å². The third-order valence-corrected chi connectivity index (χ3v) is 5.03. The number of hydrogen-bond donors (Lipinski definition) is 1. The van der Waals surface area contributed by atoms with Gasteiger partial charge in [-0.1, -0.05) is 0 Å². The molecule has 1 aromatic heterocycles. The van der Waals surface area contributed by atoms with Gasteiger partial charge in [0.05, 0.1) is 18.7 Å². The van der Waals surface area contributed by atoms with Gasteiger partial charge in [-0.25, -0.2) is 0 Å². The molecule has 9 nitrogen and oxygen atoms in total. The van der Waals surface area contributed by atoms with Crippen molar-refractivity contribution in [3.8, 4) is 6.07 Å². The van der Waals surface area contributed by atoms with Crippen LogP contribution in [0, 0.1) is 11.3 Å². The van der Waals surface area contributed by atoms with Crippen LogP contribution in [-0.4, -0.2) is 61.6 Å². The van der Waals surface area contributed by atoms with Gasteiger partial charge in [-0.15, -0.1) is 10.2 Å². The van der Waals surface area contributed by atoms with Gasteiger partial charge in [0.15, 0.2) is 5.82 Å². The monoisotopic (exact) mass is 399 g/mol. The quantitative estimate of drug-likeness (QED) is 0.775. The molecule has 0 spiro atoms. The van der Waals surface area contributed by atoms with Crippen molar-refractivity contribution in [3.05, 3.63) is 11.6 Å². The first-order valence-electron chi connectivity index (χ1n) is 8.95. The highest BCUT2D eigenvalue weighted by Crippen LogP contribution is 2.29. The average molecular weight is 399 g/mol. The summed E-state index contributed by atoms with van der Waals surface area (Å²) in [5.74, 6) is -1.67. The minimum absolute atomic E-state index is 0.0156. The van der Waals surface area contributed by atoms with Crippen molar-refractivity contribution < 1.29 is 22.8 Å². The Morgan fingerprint density at radius 3 is 2.71 bits per heavy atom. The van der Waals surface area contributed by atoms with Crippen molar-refractivity contribution in [1.82, 2.24) is 24.6 Å². The Hall–Kier alpha value is -2.68. The number of carbonyl (C=O) groups excluding carboxylic acids is 2. The molecule has 0 saturated carbocycles. The van der Waals surface area contributed by atoms with Crippen molar-refractivity contribution in [1.29, 1.82) is 5.26 Å². The predicted octanol–water partition coefficient (Wildman–Crippen LogP) is 0.261. The zero-order chi connectivity index (χ0) is 20.5. The standard InChI is InChI=1S/C16H20F3N7O2/c17-16(18,19)15-23-22-12-9-24(6-7-26(12)15)13(27)4-3-11(21)14(28)25-5-1-2-10(25)8-20/h10-11H,1-7,9,21H2/t10-,11-/m0/s1. The second-order valence-corrected chi connectivity index (χ2v) is 6.87. The zero-order valence-electron chi connectivity index (χ0n) is 15.0. The van der Waals surface area contributed by atoms with E-state index >= 15 is 0 Å². The Morgan fingerprint density at radius 2 is 2.04 bits per heavy atom. The van der Waals surface area contributed by atoms with E-state index in [4.69, 9.17) is 11.0 Å². The van der Waals surface area contributed by atoms with Crippen LogP contribution in [0.5, 0.6) is 0 Å². The predicted molar refractivity (Wildman–Crippen MR) is 88.0 cm³/mol. The van der Waals surface area contributed by atoms with E-state index in [1.54, 1.807) is 0 Å². The molecule has 0 aromatic carbocycles. The lowest BCUT2D eigenvalue weighted by Gasteiger charge is -2.28. The highest BCUT2D eigenvalue weighted by atomic mass is 19.4. The molecule has 2 aliphatic heterocycles. The van der Waals surface area contributed by atoms with Crippen LogP contribution in [0.4, 0.5) is 13.2 Å². The van der Waals surface area contributed by atoms with Gasteiger partial charge in [0.2, 0.25) is 17.6 Å². The number of alkyl halides is 3. The summed E-state index contributed by atoms with van der Waals surface area (Å²) in [4.78, 5) is 27.6. The van der Waals surface area contributed by atoms with E-state index in [0.717, 1.165) is 11.0 Å². The molecule has 2 amide bonds. The lowest BCUT2D eigenvalue weighted by atomic mass is 10.1. The average Bonchev–Trinajstić information content (AvgIpc) is 3.30. The van der Waals surface area contributed by atoms with Gasteiger partial charge in [0.25, 0.3) is 0 Å². The van der Waals surface area contributed by atoms with E-state index in [1.165, 1.54) is 9.80 Å². The topological polar surface area (TPSA) is 121 Å². The van der Waals surface area contributed by atoms with Gasteiger partial charge in [-0.3, -0.25) is 9.59 Å². The highest BCUT2D eigenvalue weighted by Gasteiger charge is 2.40. The molecule has 0 unspecified atom stereocenters. The lowest BCUT2D eigenvalue weighted by Crippen LogP contribution is -2.46. The second-order valence-electron chi connectivity index (χ2n) is 6.87. The molecule has 1 saturated heterocycles. The molecule has 2 atom stereocenters. The Morgan fingerprint density at radius 1 is 1.29 bits per heavy atom. The summed E-state index contributed by atoms with van der Waals surface area (Å²) in [5.41, 5.74) is 5.90. The van der Waals surface area contributed by atoms with Crippen LogP contribution in [0.2, 0.25) is 0 Å². The van der Waals surface area contributed by atoms with E-state index in [-0.39, 0.29) is 50.1 Å². The summed E-state index contributed by atoms with van der Waals surface area (Å²) in [6.45, 7) is 0.444. The first-order valence-corrected chi connectivity index (χ1v) is 8.95. The normalized spacial score (nSPS) is 20.6. The molecular weight excluding hydrogens is 379 g/mol. The van der Waals surface area contributed by atoms with E-state index in [0.29, 0.717) is 13.0 Å². The summed E-state index contributed by atoms with van der Waals surface area (Å²) in [6.07, 6.45) is -3.16. The number of rotatable bonds is 4. The molecule has 0 aliphatic carbocycles. The first-order chi connectivity index (χ1) is 13.2. The van der Waals surface area contributed by atoms with Gasteiger partial charge in [-0.2, -0.15) is 18.4 Å². The Kier molecular flexibility index (Phi) is 5.55. The number of carbonyl (C=O) groups is 2. The Labute approximate surface area is 158 Å². The first kappa shape index (κ1) is 20.1. The van der Waals surface area contributed by atoms with Gasteiger partial charge in [0, 0.05) is 26.1 Å². The molecule has 3 rings (SSSR count). The smallest absolute Gasteiger partial charge is 0.333 e. The minimum atomic E-state index is -4.60. The van der Waals surface area contributed by atoms with E-state index in [9.17, 15) is 22.8 Å². The molecule has 12 heteroatoms. The fourth-order valence-electron chi connectivity index (χ4n) is 3.52. The molecule has 152 valence electrons. The van der Waals surface area contributed by atoms with Crippen LogP contribution >= 0.6 is 0 Å². The molecule has 1 aromatic rings. The van der Waals surface area contributed by atoms with Crippen molar-refractivity contribution in [2.75, 3.05) is 13.1 Å². The molecule has 28 heavy (non-hydrogen) atoms. The fraction of sp³-hybridized carbons (Fsp3) is 0.688. The maximum absolute atomic E-state index is 12.9. The number of nitrogens with zero attached hydrogens (tertiary/aromatic N) is 6. The SMILES string of the molecule is N#C[C@@H]1CCCN1C(=O)[C@@H](N)CCC(=O)N1CCn2c(nnc2C(F)(F)F)C1. The largest absolute Gasteiger partial charge is 0.451 e. The summed E-state index contributed by atoms with van der Waals surface area (Å²) >= 11 is 0. The van der Waals surface area contributed by atoms with Crippen molar-refractivity contribution >= 4 is 11.8 Å². The Balaban J connectivity index is 1.54. The van der Waals surface area contributed by atoms with Crippen LogP contribution in [-0.2, 0) is 28.9 Å². The van der Waals surface area contributed by atoms with Crippen LogP contribution in [0.1, 0.15) is 37.3 Å². The third kappa shape index (κ3) is 3.94. The van der Waals surface area contributed by atoms with E-state index < -0.39 is 24.1 Å². The van der Waals surface area contributed by atoms with Crippen molar-refractivity contribution in [2.24, 2.45) is 5.73 Å². The summed E-state index contributed by atoms with van der Waals surface area (Å²) in [7, 11) is 0. The number of nitrogens with two attached hydrogens (primary N) is 1. The number of hydrogen-bond acceptors (Lipinski definition) is 6. The van der Waals surface area contributed by atoms with E-state index in [1.807, 2.05) is 0 Å². The summed E-state index contributed by atoms with van der Waals surface area (Å²) < 4.78 is 39.5. The molecule has 0 bridgehead atoms. The number of amides is 2. The molecule has 2 aliphatic rings. The number of aromatic nitrogens is 3. The number of nitriles is 1. The molecular formula is C16H20F3N7O2.